The summed E-state index contributed by atoms with van der Waals surface area (Å²) >= 11 is 0. The number of hydrogen-bond donors (Lipinski definition) is 8. The van der Waals surface area contributed by atoms with Crippen molar-refractivity contribution in [2.24, 2.45) is 0 Å². The summed E-state index contributed by atoms with van der Waals surface area (Å²) in [4.78, 5) is 39.5. The van der Waals surface area contributed by atoms with Gasteiger partial charge in [0.05, 0.1) is 13.2 Å². The number of phenols is 2. The Balaban J connectivity index is 1.82. The van der Waals surface area contributed by atoms with Crippen molar-refractivity contribution in [3.05, 3.63) is 116 Å². The number of phenolic OH excluding ortho intramolecular Hbond substituents is 2. The van der Waals surface area contributed by atoms with Gasteiger partial charge in [-0.2, -0.15) is 0 Å². The first-order valence-corrected chi connectivity index (χ1v) is 19.6. The maximum Gasteiger partial charge on any atom is 0.358 e. The summed E-state index contributed by atoms with van der Waals surface area (Å²) in [5.74, 6) is -3.69. The van der Waals surface area contributed by atoms with Crippen molar-refractivity contribution in [2.45, 2.75) is 64.1 Å². The Bertz CT molecular complexity index is 1730. The number of fused-ring (bicyclic) bond motifs is 8. The van der Waals surface area contributed by atoms with Crippen LogP contribution >= 0.6 is 15.2 Å². The first-order valence-electron chi connectivity index (χ1n) is 16.2. The molecule has 0 heterocycles. The van der Waals surface area contributed by atoms with E-state index in [4.69, 9.17) is 9.47 Å². The highest BCUT2D eigenvalue weighted by Gasteiger charge is 2.32. The number of para-hydroxylation sites is 2. The van der Waals surface area contributed by atoms with Crippen LogP contribution in [0.1, 0.15) is 94.0 Å². The molecule has 14 heteroatoms. The number of aliphatic hydroxyl groups is 2. The zero-order valence-corrected chi connectivity index (χ0v) is 29.5. The lowest BCUT2D eigenvalue weighted by molar-refractivity contribution is 0.205. The molecule has 0 aromatic heterocycles. The van der Waals surface area contributed by atoms with Crippen LogP contribution in [0.5, 0.6) is 23.0 Å². The van der Waals surface area contributed by atoms with Gasteiger partial charge in [-0.15, -0.1) is 0 Å². The highest BCUT2D eigenvalue weighted by atomic mass is 31.2. The largest absolute Gasteiger partial charge is 0.507 e. The van der Waals surface area contributed by atoms with Crippen LogP contribution in [-0.2, 0) is 34.8 Å². The Morgan fingerprint density at radius 3 is 1.08 bits per heavy atom. The van der Waals surface area contributed by atoms with Gasteiger partial charge in [0.1, 0.15) is 23.0 Å². The highest BCUT2D eigenvalue weighted by molar-refractivity contribution is 7.52. The van der Waals surface area contributed by atoms with E-state index < -0.39 is 26.9 Å². The molecule has 0 aliphatic heterocycles. The maximum absolute atomic E-state index is 12.2. The minimum Gasteiger partial charge on any atom is -0.507 e. The van der Waals surface area contributed by atoms with Gasteiger partial charge < -0.3 is 49.5 Å². The van der Waals surface area contributed by atoms with Crippen LogP contribution in [0.15, 0.2) is 60.7 Å². The molecule has 8 N–H and O–H groups in total. The van der Waals surface area contributed by atoms with Crippen LogP contribution < -0.4 is 9.47 Å². The second-order valence-corrected chi connectivity index (χ2v) is 15.9. The highest BCUT2D eigenvalue weighted by Crippen LogP contribution is 2.52. The quantitative estimate of drug-likeness (QED) is 0.0815. The van der Waals surface area contributed by atoms with E-state index in [1.165, 1.54) is 24.3 Å². The number of aromatic hydroxyl groups is 2. The molecule has 0 spiro atoms. The standard InChI is InChI=1S/C36H42O12P2/c1-3-11-47-33-21-7-5-8-22(33)14-26-18-30(36(40)50(44,45)46)20-28(32(26)38)16-24-10-6-9-23(34(24)48-12-4-2)15-27-19-29(35(39)49(41,42)43)17-25(13-21)31(27)37/h5-10,17-20,35-40H,3-4,11-16H2,1-2H3,(H2,41,42,43)(H2,44,45,46)/t35-,36-/m0/s1. The Morgan fingerprint density at radius 1 is 0.560 bits per heavy atom. The van der Waals surface area contributed by atoms with Crippen molar-refractivity contribution in [3.8, 4) is 23.0 Å². The summed E-state index contributed by atoms with van der Waals surface area (Å²) in [6.45, 7) is 4.46. The summed E-state index contributed by atoms with van der Waals surface area (Å²) in [7, 11) is -9.98. The topological polar surface area (TPSA) is 214 Å². The van der Waals surface area contributed by atoms with Crippen molar-refractivity contribution in [1.82, 2.24) is 0 Å². The molecule has 0 saturated carbocycles. The molecule has 0 amide bonds. The maximum atomic E-state index is 12.2. The van der Waals surface area contributed by atoms with Crippen molar-refractivity contribution in [1.29, 1.82) is 0 Å². The molecule has 4 aromatic carbocycles. The van der Waals surface area contributed by atoms with E-state index in [-0.39, 0.29) is 70.6 Å². The van der Waals surface area contributed by atoms with Crippen molar-refractivity contribution in [2.75, 3.05) is 13.2 Å². The first-order chi connectivity index (χ1) is 23.6. The smallest absolute Gasteiger partial charge is 0.358 e. The van der Waals surface area contributed by atoms with Gasteiger partial charge in [0, 0.05) is 25.7 Å². The number of ether oxygens (including phenoxy) is 2. The van der Waals surface area contributed by atoms with E-state index in [1.54, 1.807) is 36.4 Å². The van der Waals surface area contributed by atoms with E-state index in [9.17, 15) is 49.1 Å². The van der Waals surface area contributed by atoms with Gasteiger partial charge in [-0.05, 0) is 92.7 Å². The monoisotopic (exact) mass is 728 g/mol. The number of benzene rings is 4. The minimum atomic E-state index is -4.99. The van der Waals surface area contributed by atoms with Crippen molar-refractivity contribution >= 4 is 15.2 Å². The zero-order chi connectivity index (χ0) is 36.4. The predicted molar refractivity (Wildman–Crippen MR) is 186 cm³/mol. The summed E-state index contributed by atoms with van der Waals surface area (Å²) in [5.41, 5.74) is 3.33. The third-order valence-electron chi connectivity index (χ3n) is 8.59. The van der Waals surface area contributed by atoms with Gasteiger partial charge in [0.2, 0.25) is 0 Å². The molecule has 8 bridgehead atoms. The molecule has 5 rings (SSSR count). The lowest BCUT2D eigenvalue weighted by Crippen LogP contribution is -2.09. The Hall–Kier alpha value is -3.70. The molecule has 1 aliphatic rings. The van der Waals surface area contributed by atoms with Gasteiger partial charge in [-0.1, -0.05) is 50.2 Å². The van der Waals surface area contributed by atoms with E-state index >= 15 is 0 Å². The molecular weight excluding hydrogens is 686 g/mol. The molecule has 4 aromatic rings. The second kappa shape index (κ2) is 15.3. The van der Waals surface area contributed by atoms with Gasteiger partial charge in [0.25, 0.3) is 0 Å². The molecule has 0 saturated heterocycles. The summed E-state index contributed by atoms with van der Waals surface area (Å²) in [6, 6.07) is 16.0. The molecule has 50 heavy (non-hydrogen) atoms. The lowest BCUT2D eigenvalue weighted by Gasteiger charge is -2.22. The third-order valence-corrected chi connectivity index (χ3v) is 10.5. The van der Waals surface area contributed by atoms with Crippen LogP contribution in [0.25, 0.3) is 0 Å². The molecule has 12 nitrogen and oxygen atoms in total. The fraction of sp³-hybridized carbons (Fsp3) is 0.333. The minimum absolute atomic E-state index is 0.0286. The number of rotatable bonds is 10. The van der Waals surface area contributed by atoms with Gasteiger partial charge >= 0.3 is 15.2 Å². The van der Waals surface area contributed by atoms with Crippen LogP contribution in [0.4, 0.5) is 0 Å². The van der Waals surface area contributed by atoms with E-state index in [0.29, 0.717) is 59.8 Å². The van der Waals surface area contributed by atoms with E-state index in [1.807, 2.05) is 13.8 Å². The average molecular weight is 729 g/mol. The van der Waals surface area contributed by atoms with Crippen LogP contribution in [0, 0.1) is 0 Å². The molecule has 268 valence electrons. The Morgan fingerprint density at radius 2 is 0.840 bits per heavy atom. The summed E-state index contributed by atoms with van der Waals surface area (Å²) < 4.78 is 36.8. The lowest BCUT2D eigenvalue weighted by atomic mass is 9.90. The van der Waals surface area contributed by atoms with Crippen LogP contribution in [-0.4, -0.2) is 53.2 Å². The van der Waals surface area contributed by atoms with E-state index in [2.05, 4.69) is 0 Å². The fourth-order valence-electron chi connectivity index (χ4n) is 6.23. The Labute approximate surface area is 289 Å². The van der Waals surface area contributed by atoms with Crippen molar-refractivity contribution in [3.63, 3.8) is 0 Å². The Kier molecular flexibility index (Phi) is 11.5. The van der Waals surface area contributed by atoms with Gasteiger partial charge in [-0.25, -0.2) is 0 Å². The molecular formula is C36H42O12P2. The number of aliphatic hydroxyl groups excluding tert-OH is 2. The normalized spacial score (nSPS) is 14.6. The van der Waals surface area contributed by atoms with Gasteiger partial charge in [0.15, 0.2) is 11.7 Å². The fourth-order valence-corrected chi connectivity index (χ4v) is 7.31. The second-order valence-electron chi connectivity index (χ2n) is 12.5. The molecule has 1 aliphatic carbocycles. The van der Waals surface area contributed by atoms with Crippen LogP contribution in [0.3, 0.4) is 0 Å². The first kappa shape index (κ1) is 37.6. The third kappa shape index (κ3) is 8.26. The van der Waals surface area contributed by atoms with E-state index in [0.717, 1.165) is 0 Å². The van der Waals surface area contributed by atoms with Crippen LogP contribution in [0.2, 0.25) is 0 Å². The molecule has 0 radical (unpaired) electrons. The number of hydrogen-bond acceptors (Lipinski definition) is 8. The zero-order valence-electron chi connectivity index (χ0n) is 27.7. The summed E-state index contributed by atoms with van der Waals surface area (Å²) in [6.07, 6.45) is 1.41. The average Bonchev–Trinajstić information content (AvgIpc) is 3.05. The molecule has 0 fully saturated rings. The molecule has 0 unspecified atom stereocenters. The SMILES string of the molecule is CCCOc1c2cccc1Cc1cc([C@@H](O)P(=O)(O)O)cc(c1O)Cc1cccc(c1OCCC)Cc1cc([C@@H](O)P(=O)(O)O)cc(c1O)C2. The summed E-state index contributed by atoms with van der Waals surface area (Å²) in [5, 5.41) is 44.8. The molecule has 2 atom stereocenters. The van der Waals surface area contributed by atoms with Crippen molar-refractivity contribution < 1.29 is 58.6 Å². The van der Waals surface area contributed by atoms with Gasteiger partial charge in [-0.3, -0.25) is 9.13 Å². The predicted octanol–water partition coefficient (Wildman–Crippen LogP) is 5.69.